The van der Waals surface area contributed by atoms with Gasteiger partial charge in [0.2, 0.25) is 5.91 Å². The first-order valence-electron chi connectivity index (χ1n) is 11.6. The van der Waals surface area contributed by atoms with Gasteiger partial charge in [-0.15, -0.1) is 5.10 Å². The molecule has 0 aliphatic heterocycles. The Morgan fingerprint density at radius 2 is 1.79 bits per heavy atom. The number of para-hydroxylation sites is 2. The van der Waals surface area contributed by atoms with Crippen molar-refractivity contribution < 1.29 is 14.0 Å². The lowest BCUT2D eigenvalue weighted by Gasteiger charge is -2.31. The summed E-state index contributed by atoms with van der Waals surface area (Å²) in [6.07, 6.45) is 4.08. The first kappa shape index (κ1) is 21.9. The summed E-state index contributed by atoms with van der Waals surface area (Å²) >= 11 is 0. The largest absolute Gasteiger partial charge is 0.464 e. The van der Waals surface area contributed by atoms with E-state index in [2.05, 4.69) is 15.6 Å². The Bertz CT molecular complexity index is 1290. The fourth-order valence-electron chi connectivity index (χ4n) is 4.59. The molecule has 2 amide bonds. The van der Waals surface area contributed by atoms with Gasteiger partial charge in [-0.25, -0.2) is 4.68 Å². The van der Waals surface area contributed by atoms with Crippen molar-refractivity contribution >= 4 is 28.5 Å². The summed E-state index contributed by atoms with van der Waals surface area (Å²) in [4.78, 5) is 29.0. The zero-order valence-corrected chi connectivity index (χ0v) is 19.1. The van der Waals surface area contributed by atoms with Gasteiger partial charge < -0.3 is 9.73 Å². The minimum Gasteiger partial charge on any atom is -0.464 e. The molecule has 0 saturated heterocycles. The second-order valence-electron chi connectivity index (χ2n) is 8.68. The highest BCUT2D eigenvalue weighted by Crippen LogP contribution is 2.30. The number of amides is 2. The SMILES string of the molecule is Cc1ccc(C(C(=O)NC2CCCC2)N(C(=O)Cn2nnc3ccccc32)c2ccccc2)o1. The van der Waals surface area contributed by atoms with Crippen molar-refractivity contribution in [2.45, 2.75) is 51.2 Å². The van der Waals surface area contributed by atoms with Gasteiger partial charge in [-0.1, -0.05) is 48.4 Å². The van der Waals surface area contributed by atoms with Crippen LogP contribution in [0.1, 0.15) is 43.2 Å². The topological polar surface area (TPSA) is 93.3 Å². The van der Waals surface area contributed by atoms with Gasteiger partial charge in [0.05, 0.1) is 5.52 Å². The summed E-state index contributed by atoms with van der Waals surface area (Å²) in [5.74, 6) is 0.564. The predicted molar refractivity (Wildman–Crippen MR) is 128 cm³/mol. The van der Waals surface area contributed by atoms with Crippen molar-refractivity contribution in [3.8, 4) is 0 Å². The molecule has 2 heterocycles. The molecule has 0 radical (unpaired) electrons. The fraction of sp³-hybridized carbons (Fsp3) is 0.308. The zero-order chi connectivity index (χ0) is 23.5. The van der Waals surface area contributed by atoms with E-state index in [-0.39, 0.29) is 24.4 Å². The van der Waals surface area contributed by atoms with Crippen molar-refractivity contribution in [2.24, 2.45) is 0 Å². The van der Waals surface area contributed by atoms with E-state index in [4.69, 9.17) is 4.42 Å². The molecule has 2 aromatic carbocycles. The van der Waals surface area contributed by atoms with Gasteiger partial charge in [0.25, 0.3) is 5.91 Å². The summed E-state index contributed by atoms with van der Waals surface area (Å²) in [5, 5.41) is 11.5. The first-order valence-corrected chi connectivity index (χ1v) is 11.6. The fourth-order valence-corrected chi connectivity index (χ4v) is 4.59. The van der Waals surface area contributed by atoms with Crippen LogP contribution < -0.4 is 10.2 Å². The molecule has 1 atom stereocenters. The average Bonchev–Trinajstić information content (AvgIpc) is 3.60. The van der Waals surface area contributed by atoms with Gasteiger partial charge in [-0.2, -0.15) is 0 Å². The smallest absolute Gasteiger partial charge is 0.251 e. The maximum Gasteiger partial charge on any atom is 0.251 e. The molecule has 34 heavy (non-hydrogen) atoms. The van der Waals surface area contributed by atoms with Gasteiger partial charge in [0.15, 0.2) is 6.04 Å². The molecule has 0 spiro atoms. The number of rotatable bonds is 7. The number of aromatic nitrogens is 3. The number of anilines is 1. The van der Waals surface area contributed by atoms with Gasteiger partial charge >= 0.3 is 0 Å². The van der Waals surface area contributed by atoms with E-state index in [1.807, 2.05) is 67.6 Å². The lowest BCUT2D eigenvalue weighted by Crippen LogP contribution is -2.47. The molecule has 8 nitrogen and oxygen atoms in total. The van der Waals surface area contributed by atoms with E-state index in [0.29, 0.717) is 22.7 Å². The van der Waals surface area contributed by atoms with E-state index in [0.717, 1.165) is 31.2 Å². The molecule has 8 heteroatoms. The lowest BCUT2D eigenvalue weighted by atomic mass is 10.1. The summed E-state index contributed by atoms with van der Waals surface area (Å²) in [5.41, 5.74) is 2.07. The number of hydrogen-bond acceptors (Lipinski definition) is 5. The van der Waals surface area contributed by atoms with Gasteiger partial charge in [0.1, 0.15) is 23.6 Å². The highest BCUT2D eigenvalue weighted by Gasteiger charge is 2.36. The number of aryl methyl sites for hydroxylation is 1. The molecule has 1 unspecified atom stereocenters. The van der Waals surface area contributed by atoms with Crippen LogP contribution in [0.3, 0.4) is 0 Å². The first-order chi connectivity index (χ1) is 16.6. The molecule has 1 N–H and O–H groups in total. The standard InChI is InChI=1S/C26H27N5O3/c1-18-15-16-23(34-18)25(26(33)27-19-9-5-6-10-19)31(20-11-3-2-4-12-20)24(32)17-30-22-14-8-7-13-21(22)28-29-30/h2-4,7-8,11-16,19,25H,5-6,9-10,17H2,1H3,(H,27,33). The van der Waals surface area contributed by atoms with Crippen LogP contribution in [0.2, 0.25) is 0 Å². The van der Waals surface area contributed by atoms with Crippen LogP contribution in [-0.4, -0.2) is 32.9 Å². The quantitative estimate of drug-likeness (QED) is 0.450. The van der Waals surface area contributed by atoms with Gasteiger partial charge in [-0.3, -0.25) is 14.5 Å². The van der Waals surface area contributed by atoms with Gasteiger partial charge in [0, 0.05) is 11.7 Å². The van der Waals surface area contributed by atoms with E-state index in [9.17, 15) is 9.59 Å². The average molecular weight is 458 g/mol. The minimum atomic E-state index is -0.945. The molecule has 2 aromatic heterocycles. The van der Waals surface area contributed by atoms with Crippen molar-refractivity contribution in [2.75, 3.05) is 4.90 Å². The second-order valence-corrected chi connectivity index (χ2v) is 8.68. The molecule has 174 valence electrons. The molecule has 4 aromatic rings. The second kappa shape index (κ2) is 9.51. The highest BCUT2D eigenvalue weighted by molar-refractivity contribution is 6.01. The Labute approximate surface area is 197 Å². The maximum absolute atomic E-state index is 13.8. The third-order valence-corrected chi connectivity index (χ3v) is 6.25. The Hall–Kier alpha value is -3.94. The van der Waals surface area contributed by atoms with Crippen molar-refractivity contribution in [1.82, 2.24) is 20.3 Å². The van der Waals surface area contributed by atoms with Crippen molar-refractivity contribution in [3.63, 3.8) is 0 Å². The van der Waals surface area contributed by atoms with Crippen molar-refractivity contribution in [3.05, 3.63) is 78.3 Å². The summed E-state index contributed by atoms with van der Waals surface area (Å²) in [6.45, 7) is 1.76. The van der Waals surface area contributed by atoms with Crippen molar-refractivity contribution in [1.29, 1.82) is 0 Å². The van der Waals surface area contributed by atoms with Crippen LogP contribution in [0.4, 0.5) is 5.69 Å². The Morgan fingerprint density at radius 1 is 1.06 bits per heavy atom. The Kier molecular flexibility index (Phi) is 6.12. The molecule has 1 fully saturated rings. The zero-order valence-electron chi connectivity index (χ0n) is 19.1. The molecule has 5 rings (SSSR count). The number of furan rings is 1. The van der Waals surface area contributed by atoms with Gasteiger partial charge in [-0.05, 0) is 56.2 Å². The predicted octanol–water partition coefficient (Wildman–Crippen LogP) is 4.17. The van der Waals surface area contributed by atoms with E-state index >= 15 is 0 Å². The number of fused-ring (bicyclic) bond motifs is 1. The van der Waals surface area contributed by atoms with Crippen LogP contribution in [0, 0.1) is 6.92 Å². The monoisotopic (exact) mass is 457 g/mol. The van der Waals surface area contributed by atoms with Crippen LogP contribution in [0.25, 0.3) is 11.0 Å². The van der Waals surface area contributed by atoms with E-state index in [1.165, 1.54) is 4.90 Å². The summed E-state index contributed by atoms with van der Waals surface area (Å²) < 4.78 is 7.46. The number of nitrogens with zero attached hydrogens (tertiary/aromatic N) is 4. The third kappa shape index (κ3) is 4.44. The third-order valence-electron chi connectivity index (χ3n) is 6.25. The van der Waals surface area contributed by atoms with Crippen LogP contribution >= 0.6 is 0 Å². The number of carbonyl (C=O) groups is 2. The molecule has 1 saturated carbocycles. The van der Waals surface area contributed by atoms with Crippen LogP contribution in [-0.2, 0) is 16.1 Å². The van der Waals surface area contributed by atoms with Crippen LogP contribution in [0.15, 0.2) is 71.1 Å². The Balaban J connectivity index is 1.53. The number of benzene rings is 2. The molecule has 1 aliphatic rings. The Morgan fingerprint density at radius 3 is 2.53 bits per heavy atom. The molecular weight excluding hydrogens is 430 g/mol. The van der Waals surface area contributed by atoms with E-state index in [1.54, 1.807) is 10.7 Å². The number of hydrogen-bond donors (Lipinski definition) is 1. The molecule has 1 aliphatic carbocycles. The molecular formula is C26H27N5O3. The lowest BCUT2D eigenvalue weighted by molar-refractivity contribution is -0.127. The number of nitrogens with one attached hydrogen (secondary N) is 1. The summed E-state index contributed by atoms with van der Waals surface area (Å²) in [7, 11) is 0. The van der Waals surface area contributed by atoms with E-state index < -0.39 is 6.04 Å². The maximum atomic E-state index is 13.8. The number of carbonyl (C=O) groups excluding carboxylic acids is 2. The highest BCUT2D eigenvalue weighted by atomic mass is 16.3. The van der Waals surface area contributed by atoms with Crippen LogP contribution in [0.5, 0.6) is 0 Å². The summed E-state index contributed by atoms with van der Waals surface area (Å²) in [6, 6.07) is 19.4. The normalized spacial score (nSPS) is 14.9. The molecule has 0 bridgehead atoms. The minimum absolute atomic E-state index is 0.0672.